The summed E-state index contributed by atoms with van der Waals surface area (Å²) in [7, 11) is 0. The highest BCUT2D eigenvalue weighted by Gasteiger charge is 2.42. The lowest BCUT2D eigenvalue weighted by Crippen LogP contribution is -2.51. The molecular weight excluding hydrogens is 116 g/mol. The predicted octanol–water partition coefficient (Wildman–Crippen LogP) is -0.401. The number of rotatable bonds is 1. The fourth-order valence-corrected chi connectivity index (χ4v) is 1.30. The second-order valence-corrected chi connectivity index (χ2v) is 3.09. The molecule has 0 atom stereocenters. The van der Waals surface area contributed by atoms with Crippen molar-refractivity contribution >= 4 is 5.91 Å². The molecule has 0 heterocycles. The highest BCUT2D eigenvalue weighted by Crippen LogP contribution is 2.38. The molecule has 9 heavy (non-hydrogen) atoms. The average molecular weight is 128 g/mol. The first-order chi connectivity index (χ1) is 4.04. The summed E-state index contributed by atoms with van der Waals surface area (Å²) in [5.41, 5.74) is 10.3. The Morgan fingerprint density at radius 2 is 2.11 bits per heavy atom. The van der Waals surface area contributed by atoms with Crippen LogP contribution in [0.2, 0.25) is 0 Å². The molecule has 0 bridgehead atoms. The molecule has 1 saturated carbocycles. The molecular formula is C6H12N2O. The van der Waals surface area contributed by atoms with Gasteiger partial charge in [-0.3, -0.25) is 4.79 Å². The van der Waals surface area contributed by atoms with Crippen LogP contribution in [0.5, 0.6) is 0 Å². The van der Waals surface area contributed by atoms with Gasteiger partial charge in [0.1, 0.15) is 0 Å². The zero-order valence-electron chi connectivity index (χ0n) is 5.55. The van der Waals surface area contributed by atoms with Crippen LogP contribution >= 0.6 is 0 Å². The van der Waals surface area contributed by atoms with E-state index in [4.69, 9.17) is 11.5 Å². The van der Waals surface area contributed by atoms with Gasteiger partial charge in [0.05, 0.1) is 0 Å². The van der Waals surface area contributed by atoms with Gasteiger partial charge in [-0.25, -0.2) is 0 Å². The molecule has 1 aliphatic carbocycles. The number of carbonyl (C=O) groups is 1. The first-order valence-electron chi connectivity index (χ1n) is 3.10. The van der Waals surface area contributed by atoms with E-state index in [2.05, 4.69) is 0 Å². The van der Waals surface area contributed by atoms with E-state index in [1.165, 1.54) is 0 Å². The van der Waals surface area contributed by atoms with E-state index in [1.807, 2.05) is 6.92 Å². The summed E-state index contributed by atoms with van der Waals surface area (Å²) in [5, 5.41) is 0. The lowest BCUT2D eigenvalue weighted by molar-refractivity contribution is -0.131. The van der Waals surface area contributed by atoms with Gasteiger partial charge in [0.2, 0.25) is 5.91 Å². The number of amides is 1. The summed E-state index contributed by atoms with van der Waals surface area (Å²) in [6.45, 7) is 1.86. The topological polar surface area (TPSA) is 69.1 Å². The molecule has 4 N–H and O–H groups in total. The highest BCUT2D eigenvalue weighted by molar-refractivity contribution is 5.81. The molecule has 0 aliphatic heterocycles. The Morgan fingerprint density at radius 3 is 2.22 bits per heavy atom. The molecule has 1 amide bonds. The molecule has 3 heteroatoms. The summed E-state index contributed by atoms with van der Waals surface area (Å²) in [6.07, 6.45) is 1.50. The quantitative estimate of drug-likeness (QED) is 0.504. The molecule has 0 spiro atoms. The third-order valence-electron chi connectivity index (χ3n) is 2.02. The predicted molar refractivity (Wildman–Crippen MR) is 34.5 cm³/mol. The monoisotopic (exact) mass is 128 g/mol. The minimum Gasteiger partial charge on any atom is -0.369 e. The molecule has 0 saturated heterocycles. The molecule has 0 aromatic rings. The minimum absolute atomic E-state index is 0.197. The first kappa shape index (κ1) is 6.55. The fraction of sp³-hybridized carbons (Fsp3) is 0.833. The van der Waals surface area contributed by atoms with E-state index in [1.54, 1.807) is 0 Å². The smallest absolute Gasteiger partial charge is 0.223 e. The third kappa shape index (κ3) is 0.920. The van der Waals surface area contributed by atoms with Crippen molar-refractivity contribution in [1.29, 1.82) is 0 Å². The van der Waals surface area contributed by atoms with Gasteiger partial charge in [-0.1, -0.05) is 6.92 Å². The van der Waals surface area contributed by atoms with E-state index in [0.717, 1.165) is 12.8 Å². The number of nitrogens with two attached hydrogens (primary N) is 2. The molecule has 1 fully saturated rings. The molecule has 0 radical (unpaired) electrons. The van der Waals surface area contributed by atoms with Crippen LogP contribution < -0.4 is 11.5 Å². The maximum absolute atomic E-state index is 10.6. The normalized spacial score (nSPS) is 41.8. The van der Waals surface area contributed by atoms with Gasteiger partial charge < -0.3 is 11.5 Å². The Bertz CT molecular complexity index is 138. The molecule has 3 nitrogen and oxygen atoms in total. The zero-order chi connectivity index (χ0) is 7.07. The van der Waals surface area contributed by atoms with E-state index >= 15 is 0 Å². The third-order valence-corrected chi connectivity index (χ3v) is 2.02. The Morgan fingerprint density at radius 1 is 1.67 bits per heavy atom. The van der Waals surface area contributed by atoms with Crippen molar-refractivity contribution in [3.8, 4) is 0 Å². The summed E-state index contributed by atoms with van der Waals surface area (Å²) in [5.74, 6) is -0.218. The van der Waals surface area contributed by atoms with Gasteiger partial charge >= 0.3 is 0 Å². The van der Waals surface area contributed by atoms with E-state index < -0.39 is 0 Å². The van der Waals surface area contributed by atoms with Crippen molar-refractivity contribution < 1.29 is 4.79 Å². The maximum atomic E-state index is 10.6. The largest absolute Gasteiger partial charge is 0.369 e. The van der Waals surface area contributed by atoms with Crippen LogP contribution in [0.15, 0.2) is 0 Å². The second-order valence-electron chi connectivity index (χ2n) is 3.09. The summed E-state index contributed by atoms with van der Waals surface area (Å²) in [6, 6.07) is 0.197. The lowest BCUT2D eigenvalue weighted by Gasteiger charge is -2.40. The Kier molecular flexibility index (Phi) is 1.24. The highest BCUT2D eigenvalue weighted by atomic mass is 16.1. The van der Waals surface area contributed by atoms with Crippen LogP contribution in [0.3, 0.4) is 0 Å². The van der Waals surface area contributed by atoms with Crippen LogP contribution in [0.1, 0.15) is 19.8 Å². The lowest BCUT2D eigenvalue weighted by atomic mass is 9.67. The molecule has 0 aromatic heterocycles. The Labute approximate surface area is 54.4 Å². The van der Waals surface area contributed by atoms with Crippen molar-refractivity contribution in [2.75, 3.05) is 0 Å². The fourth-order valence-electron chi connectivity index (χ4n) is 1.30. The van der Waals surface area contributed by atoms with Gasteiger partial charge in [-0.2, -0.15) is 0 Å². The van der Waals surface area contributed by atoms with Crippen molar-refractivity contribution in [2.45, 2.75) is 25.8 Å². The SMILES string of the molecule is C[C@]1(C(N)=O)C[C@H](N)C1. The number of hydrogen-bond acceptors (Lipinski definition) is 2. The van der Waals surface area contributed by atoms with E-state index in [0.29, 0.717) is 0 Å². The Hall–Kier alpha value is -0.570. The molecule has 1 rings (SSSR count). The maximum Gasteiger partial charge on any atom is 0.223 e. The van der Waals surface area contributed by atoms with Crippen molar-refractivity contribution in [3.63, 3.8) is 0 Å². The van der Waals surface area contributed by atoms with Gasteiger partial charge in [-0.15, -0.1) is 0 Å². The summed E-state index contributed by atoms with van der Waals surface area (Å²) in [4.78, 5) is 10.6. The van der Waals surface area contributed by atoms with Gasteiger partial charge in [0, 0.05) is 11.5 Å². The standard InChI is InChI=1S/C6H12N2O/c1-6(5(8)9)2-4(7)3-6/h4H,2-3,7H2,1H3,(H2,8,9)/t4-,6-. The summed E-state index contributed by atoms with van der Waals surface area (Å²) < 4.78 is 0. The van der Waals surface area contributed by atoms with Gasteiger partial charge in [0.15, 0.2) is 0 Å². The van der Waals surface area contributed by atoms with Crippen LogP contribution in [-0.2, 0) is 4.79 Å². The number of primary amides is 1. The zero-order valence-corrected chi connectivity index (χ0v) is 5.55. The second kappa shape index (κ2) is 1.70. The van der Waals surface area contributed by atoms with E-state index in [9.17, 15) is 4.79 Å². The van der Waals surface area contributed by atoms with Crippen molar-refractivity contribution in [3.05, 3.63) is 0 Å². The molecule has 52 valence electrons. The Balaban J connectivity index is 2.50. The number of hydrogen-bond donors (Lipinski definition) is 2. The molecule has 1 aliphatic rings. The molecule has 0 aromatic carbocycles. The van der Waals surface area contributed by atoms with Crippen LogP contribution in [0.4, 0.5) is 0 Å². The van der Waals surface area contributed by atoms with Crippen LogP contribution in [0, 0.1) is 5.41 Å². The molecule has 0 unspecified atom stereocenters. The minimum atomic E-state index is -0.292. The summed E-state index contributed by atoms with van der Waals surface area (Å²) >= 11 is 0. The van der Waals surface area contributed by atoms with Gasteiger partial charge in [0.25, 0.3) is 0 Å². The first-order valence-corrected chi connectivity index (χ1v) is 3.10. The van der Waals surface area contributed by atoms with Gasteiger partial charge in [-0.05, 0) is 12.8 Å². The van der Waals surface area contributed by atoms with Crippen LogP contribution in [-0.4, -0.2) is 11.9 Å². The number of carbonyl (C=O) groups excluding carboxylic acids is 1. The van der Waals surface area contributed by atoms with Crippen molar-refractivity contribution in [1.82, 2.24) is 0 Å². The van der Waals surface area contributed by atoms with E-state index in [-0.39, 0.29) is 17.4 Å². The van der Waals surface area contributed by atoms with Crippen LogP contribution in [0.25, 0.3) is 0 Å². The van der Waals surface area contributed by atoms with Crippen molar-refractivity contribution in [2.24, 2.45) is 16.9 Å². The average Bonchev–Trinajstić information content (AvgIpc) is 1.62.